The fourth-order valence-corrected chi connectivity index (χ4v) is 2.28. The van der Waals surface area contributed by atoms with E-state index >= 15 is 0 Å². The number of benzene rings is 2. The summed E-state index contributed by atoms with van der Waals surface area (Å²) in [6.45, 7) is 0. The largest absolute Gasteiger partial charge is 0.493 e. The van der Waals surface area contributed by atoms with Crippen LogP contribution in [-0.4, -0.2) is 20.0 Å². The van der Waals surface area contributed by atoms with Gasteiger partial charge in [0.1, 0.15) is 0 Å². The summed E-state index contributed by atoms with van der Waals surface area (Å²) in [5, 5.41) is 0.564. The Kier molecular flexibility index (Phi) is 4.68. The summed E-state index contributed by atoms with van der Waals surface area (Å²) in [7, 11) is 3.08. The van der Waals surface area contributed by atoms with Crippen molar-refractivity contribution in [3.8, 4) is 11.5 Å². The van der Waals surface area contributed by atoms with Crippen molar-refractivity contribution in [2.75, 3.05) is 14.2 Å². The van der Waals surface area contributed by atoms with E-state index in [4.69, 9.17) is 21.1 Å². The van der Waals surface area contributed by atoms with Crippen molar-refractivity contribution >= 4 is 33.3 Å². The van der Waals surface area contributed by atoms with Gasteiger partial charge in [-0.05, 0) is 52.3 Å². The van der Waals surface area contributed by atoms with E-state index in [9.17, 15) is 4.79 Å². The zero-order chi connectivity index (χ0) is 14.7. The molecule has 0 unspecified atom stereocenters. The SMILES string of the molecule is COc1ccc(C(=O)c2ccc(Cl)c(Br)c2)cc1OC. The van der Waals surface area contributed by atoms with Crippen molar-refractivity contribution in [1.82, 2.24) is 0 Å². The van der Waals surface area contributed by atoms with Crippen LogP contribution in [0.1, 0.15) is 15.9 Å². The van der Waals surface area contributed by atoms with Crippen molar-refractivity contribution in [2.24, 2.45) is 0 Å². The van der Waals surface area contributed by atoms with Crippen LogP contribution < -0.4 is 9.47 Å². The number of hydrogen-bond acceptors (Lipinski definition) is 3. The van der Waals surface area contributed by atoms with Gasteiger partial charge in [0.05, 0.1) is 19.2 Å². The minimum Gasteiger partial charge on any atom is -0.493 e. The second-order valence-corrected chi connectivity index (χ2v) is 5.29. The fraction of sp³-hybridized carbons (Fsp3) is 0.133. The van der Waals surface area contributed by atoms with Crippen LogP contribution in [0.25, 0.3) is 0 Å². The van der Waals surface area contributed by atoms with Crippen LogP contribution in [0, 0.1) is 0 Å². The first-order valence-electron chi connectivity index (χ1n) is 5.78. The van der Waals surface area contributed by atoms with Crippen molar-refractivity contribution in [3.05, 3.63) is 57.0 Å². The van der Waals surface area contributed by atoms with Gasteiger partial charge in [-0.2, -0.15) is 0 Å². The molecule has 0 saturated heterocycles. The molecule has 104 valence electrons. The molecule has 0 fully saturated rings. The average molecular weight is 356 g/mol. The molecule has 0 heterocycles. The van der Waals surface area contributed by atoms with Gasteiger partial charge in [-0.15, -0.1) is 0 Å². The molecule has 2 rings (SSSR count). The number of rotatable bonds is 4. The van der Waals surface area contributed by atoms with Crippen LogP contribution in [0.2, 0.25) is 5.02 Å². The molecule has 2 aromatic carbocycles. The van der Waals surface area contributed by atoms with E-state index in [1.807, 2.05) is 0 Å². The molecule has 20 heavy (non-hydrogen) atoms. The summed E-state index contributed by atoms with van der Waals surface area (Å²) >= 11 is 9.23. The van der Waals surface area contributed by atoms with E-state index in [1.165, 1.54) is 7.11 Å². The van der Waals surface area contributed by atoms with Crippen molar-refractivity contribution < 1.29 is 14.3 Å². The minimum atomic E-state index is -0.108. The lowest BCUT2D eigenvalue weighted by atomic mass is 10.0. The standard InChI is InChI=1S/C15H12BrClO3/c1-19-13-6-4-10(8-14(13)20-2)15(18)9-3-5-12(17)11(16)7-9/h3-8H,1-2H3. The first kappa shape index (κ1) is 14.9. The van der Waals surface area contributed by atoms with Gasteiger partial charge in [-0.3, -0.25) is 4.79 Å². The van der Waals surface area contributed by atoms with Gasteiger partial charge in [0.2, 0.25) is 0 Å². The lowest BCUT2D eigenvalue weighted by Gasteiger charge is -2.09. The van der Waals surface area contributed by atoms with Crippen LogP contribution in [0.15, 0.2) is 40.9 Å². The molecule has 0 saturated carbocycles. The number of carbonyl (C=O) groups excluding carboxylic acids is 1. The molecule has 0 aliphatic carbocycles. The van der Waals surface area contributed by atoms with E-state index in [0.717, 1.165) is 0 Å². The van der Waals surface area contributed by atoms with Crippen LogP contribution in [0.3, 0.4) is 0 Å². The minimum absolute atomic E-state index is 0.108. The number of ether oxygens (including phenoxy) is 2. The van der Waals surface area contributed by atoms with Gasteiger partial charge < -0.3 is 9.47 Å². The lowest BCUT2D eigenvalue weighted by molar-refractivity contribution is 0.103. The van der Waals surface area contributed by atoms with Crippen LogP contribution in [0.5, 0.6) is 11.5 Å². The molecule has 0 aliphatic heterocycles. The number of carbonyl (C=O) groups is 1. The second-order valence-electron chi connectivity index (χ2n) is 4.03. The molecule has 0 amide bonds. The summed E-state index contributed by atoms with van der Waals surface area (Å²) in [6, 6.07) is 10.1. The zero-order valence-corrected chi connectivity index (χ0v) is 13.3. The Morgan fingerprint density at radius 2 is 1.60 bits per heavy atom. The number of halogens is 2. The van der Waals surface area contributed by atoms with Crippen LogP contribution in [-0.2, 0) is 0 Å². The molecule has 0 atom stereocenters. The molecule has 0 spiro atoms. The van der Waals surface area contributed by atoms with Crippen LogP contribution in [0.4, 0.5) is 0 Å². The van der Waals surface area contributed by atoms with E-state index in [0.29, 0.717) is 32.1 Å². The lowest BCUT2D eigenvalue weighted by Crippen LogP contribution is -2.02. The van der Waals surface area contributed by atoms with Gasteiger partial charge in [0.25, 0.3) is 0 Å². The zero-order valence-electron chi connectivity index (χ0n) is 10.9. The third-order valence-corrected chi connectivity index (χ3v) is 4.04. The highest BCUT2D eigenvalue weighted by molar-refractivity contribution is 9.10. The fourth-order valence-electron chi connectivity index (χ4n) is 1.78. The Labute approximate surface area is 130 Å². The maximum Gasteiger partial charge on any atom is 0.193 e. The normalized spacial score (nSPS) is 10.2. The summed E-state index contributed by atoms with van der Waals surface area (Å²) < 4.78 is 11.0. The molecular weight excluding hydrogens is 344 g/mol. The van der Waals surface area contributed by atoms with E-state index in [1.54, 1.807) is 43.5 Å². The molecule has 0 aromatic heterocycles. The van der Waals surface area contributed by atoms with Gasteiger partial charge in [0.15, 0.2) is 17.3 Å². The molecule has 3 nitrogen and oxygen atoms in total. The molecule has 5 heteroatoms. The monoisotopic (exact) mass is 354 g/mol. The maximum absolute atomic E-state index is 12.4. The smallest absolute Gasteiger partial charge is 0.193 e. The van der Waals surface area contributed by atoms with Gasteiger partial charge >= 0.3 is 0 Å². The Morgan fingerprint density at radius 1 is 1.00 bits per heavy atom. The predicted molar refractivity (Wildman–Crippen MR) is 82.1 cm³/mol. The maximum atomic E-state index is 12.4. The first-order valence-corrected chi connectivity index (χ1v) is 6.95. The third kappa shape index (κ3) is 2.97. The molecule has 0 bridgehead atoms. The van der Waals surface area contributed by atoms with Crippen LogP contribution >= 0.6 is 27.5 Å². The topological polar surface area (TPSA) is 35.5 Å². The number of hydrogen-bond donors (Lipinski definition) is 0. The first-order chi connectivity index (χ1) is 9.56. The second kappa shape index (κ2) is 6.29. The quantitative estimate of drug-likeness (QED) is 0.765. The number of methoxy groups -OCH3 is 2. The highest BCUT2D eigenvalue weighted by Gasteiger charge is 2.13. The molecule has 2 aromatic rings. The van der Waals surface area contributed by atoms with Gasteiger partial charge in [-0.1, -0.05) is 11.6 Å². The number of ketones is 1. The Bertz CT molecular complexity index is 656. The highest BCUT2D eigenvalue weighted by Crippen LogP contribution is 2.29. The summed E-state index contributed by atoms with van der Waals surface area (Å²) in [4.78, 5) is 12.4. The molecule has 0 aliphatic rings. The van der Waals surface area contributed by atoms with E-state index < -0.39 is 0 Å². The molecular formula is C15H12BrClO3. The molecule has 0 radical (unpaired) electrons. The van der Waals surface area contributed by atoms with Crippen molar-refractivity contribution in [3.63, 3.8) is 0 Å². The average Bonchev–Trinajstić information content (AvgIpc) is 2.48. The summed E-state index contributed by atoms with van der Waals surface area (Å²) in [5.74, 6) is 0.996. The Morgan fingerprint density at radius 3 is 2.20 bits per heavy atom. The third-order valence-electron chi connectivity index (χ3n) is 2.83. The summed E-state index contributed by atoms with van der Waals surface area (Å²) in [6.07, 6.45) is 0. The Balaban J connectivity index is 2.40. The van der Waals surface area contributed by atoms with E-state index in [2.05, 4.69) is 15.9 Å². The van der Waals surface area contributed by atoms with Crippen molar-refractivity contribution in [1.29, 1.82) is 0 Å². The Hall–Kier alpha value is -1.52. The van der Waals surface area contributed by atoms with E-state index in [-0.39, 0.29) is 5.78 Å². The molecule has 0 N–H and O–H groups in total. The predicted octanol–water partition coefficient (Wildman–Crippen LogP) is 4.35. The highest BCUT2D eigenvalue weighted by atomic mass is 79.9. The van der Waals surface area contributed by atoms with Gasteiger partial charge in [-0.25, -0.2) is 0 Å². The van der Waals surface area contributed by atoms with Gasteiger partial charge in [0, 0.05) is 15.6 Å². The van der Waals surface area contributed by atoms with Crippen molar-refractivity contribution in [2.45, 2.75) is 0 Å². The summed E-state index contributed by atoms with van der Waals surface area (Å²) in [5.41, 5.74) is 1.07.